The number of carbonyl (C=O) groups excluding carboxylic acids is 2. The number of rotatable bonds is 5. The lowest BCUT2D eigenvalue weighted by Crippen LogP contribution is -2.52. The molecule has 1 fully saturated rings. The highest BCUT2D eigenvalue weighted by molar-refractivity contribution is 7.89. The van der Waals surface area contributed by atoms with Gasteiger partial charge in [0.05, 0.1) is 21.4 Å². The number of hydrogen-bond acceptors (Lipinski definition) is 4. The lowest BCUT2D eigenvalue weighted by Gasteiger charge is -2.36. The molecular weight excluding hydrogens is 485 g/mol. The largest absolute Gasteiger partial charge is 0.342 e. The second-order valence-corrected chi connectivity index (χ2v) is 10.7. The number of piperidine rings is 1. The second-order valence-electron chi connectivity index (χ2n) is 8.04. The van der Waals surface area contributed by atoms with Gasteiger partial charge in [-0.1, -0.05) is 53.5 Å². The SMILES string of the molecule is O=C1NC=CN(S(=O)(=O)c2ccc(Cl)c(Cl)c2)[C@@H]1CC(=O)N1CCC[C@H](c2ccccc2)C1. The minimum Gasteiger partial charge on any atom is -0.342 e. The zero-order chi connectivity index (χ0) is 23.6. The van der Waals surface area contributed by atoms with Crippen molar-refractivity contribution >= 4 is 45.0 Å². The van der Waals surface area contributed by atoms with Gasteiger partial charge in [0, 0.05) is 31.4 Å². The van der Waals surface area contributed by atoms with Crippen LogP contribution in [0.3, 0.4) is 0 Å². The number of nitrogens with one attached hydrogen (secondary N) is 1. The summed E-state index contributed by atoms with van der Waals surface area (Å²) in [6.45, 7) is 1.11. The Labute approximate surface area is 203 Å². The molecule has 1 N–H and O–H groups in total. The van der Waals surface area contributed by atoms with Crippen LogP contribution in [0.25, 0.3) is 0 Å². The molecule has 0 aromatic heterocycles. The Morgan fingerprint density at radius 2 is 1.85 bits per heavy atom. The first-order valence-electron chi connectivity index (χ1n) is 10.6. The Kier molecular flexibility index (Phi) is 6.97. The second kappa shape index (κ2) is 9.75. The molecular formula is C23H23Cl2N3O4S. The van der Waals surface area contributed by atoms with E-state index >= 15 is 0 Å². The zero-order valence-electron chi connectivity index (χ0n) is 17.7. The molecule has 2 heterocycles. The first-order chi connectivity index (χ1) is 15.8. The predicted octanol–water partition coefficient (Wildman–Crippen LogP) is 3.75. The Morgan fingerprint density at radius 1 is 1.09 bits per heavy atom. The Bertz CT molecular complexity index is 1190. The van der Waals surface area contributed by atoms with Gasteiger partial charge >= 0.3 is 0 Å². The molecule has 33 heavy (non-hydrogen) atoms. The first-order valence-corrected chi connectivity index (χ1v) is 12.8. The average Bonchev–Trinajstić information content (AvgIpc) is 2.82. The van der Waals surface area contributed by atoms with E-state index in [2.05, 4.69) is 5.32 Å². The summed E-state index contributed by atoms with van der Waals surface area (Å²) in [5.74, 6) is -0.619. The van der Waals surface area contributed by atoms with Crippen molar-refractivity contribution < 1.29 is 18.0 Å². The molecule has 0 radical (unpaired) electrons. The number of nitrogens with zero attached hydrogens (tertiary/aromatic N) is 2. The van der Waals surface area contributed by atoms with Crippen molar-refractivity contribution in [1.29, 1.82) is 0 Å². The van der Waals surface area contributed by atoms with Gasteiger partial charge in [0.1, 0.15) is 6.04 Å². The highest BCUT2D eigenvalue weighted by Gasteiger charge is 2.38. The van der Waals surface area contributed by atoms with Crippen LogP contribution in [0, 0.1) is 0 Å². The predicted molar refractivity (Wildman–Crippen MR) is 126 cm³/mol. The van der Waals surface area contributed by atoms with Crippen LogP contribution in [-0.4, -0.2) is 48.6 Å². The normalized spacial score (nSPS) is 21.1. The van der Waals surface area contributed by atoms with Gasteiger partial charge in [0.15, 0.2) is 0 Å². The minimum atomic E-state index is -4.14. The number of hydrogen-bond donors (Lipinski definition) is 1. The molecule has 2 aliphatic heterocycles. The third kappa shape index (κ3) is 5.03. The van der Waals surface area contributed by atoms with Gasteiger partial charge in [-0.2, -0.15) is 0 Å². The van der Waals surface area contributed by atoms with Crippen LogP contribution in [0.4, 0.5) is 0 Å². The molecule has 0 unspecified atom stereocenters. The van der Waals surface area contributed by atoms with Gasteiger partial charge in [0.25, 0.3) is 10.0 Å². The standard InChI is InChI=1S/C23H23Cl2N3O4S/c24-19-9-8-18(13-20(19)25)33(31,32)28-12-10-26-23(30)21(28)14-22(29)27-11-4-7-17(15-27)16-5-2-1-3-6-16/h1-3,5-6,8-10,12-13,17,21H,4,7,11,14-15H2,(H,26,30)/t17-,21+/m0/s1. The van der Waals surface area contributed by atoms with Gasteiger partial charge in [-0.25, -0.2) is 8.42 Å². The summed E-state index contributed by atoms with van der Waals surface area (Å²) in [6.07, 6.45) is 4.04. The lowest BCUT2D eigenvalue weighted by atomic mass is 9.90. The van der Waals surface area contributed by atoms with Crippen LogP contribution in [-0.2, 0) is 19.6 Å². The summed E-state index contributed by atoms with van der Waals surface area (Å²) in [7, 11) is -4.14. The molecule has 4 rings (SSSR count). The van der Waals surface area contributed by atoms with Crippen LogP contribution in [0.15, 0.2) is 65.8 Å². The maximum Gasteiger partial charge on any atom is 0.264 e. The average molecular weight is 508 g/mol. The molecule has 0 aliphatic carbocycles. The van der Waals surface area contributed by atoms with Crippen molar-refractivity contribution in [2.45, 2.75) is 36.1 Å². The van der Waals surface area contributed by atoms with E-state index in [0.717, 1.165) is 22.7 Å². The first kappa shape index (κ1) is 23.6. The fraction of sp³-hybridized carbons (Fsp3) is 0.304. The van der Waals surface area contributed by atoms with E-state index < -0.39 is 22.0 Å². The number of halogens is 2. The van der Waals surface area contributed by atoms with Gasteiger partial charge in [-0.15, -0.1) is 0 Å². The van der Waals surface area contributed by atoms with Crippen molar-refractivity contribution in [3.05, 3.63) is 76.5 Å². The Morgan fingerprint density at radius 3 is 2.58 bits per heavy atom. The summed E-state index contributed by atoms with van der Waals surface area (Å²) in [5.41, 5.74) is 1.16. The van der Waals surface area contributed by atoms with Gasteiger partial charge in [-0.3, -0.25) is 13.9 Å². The van der Waals surface area contributed by atoms with Gasteiger partial charge < -0.3 is 10.2 Å². The van der Waals surface area contributed by atoms with Crippen molar-refractivity contribution in [3.8, 4) is 0 Å². The minimum absolute atomic E-state index is 0.0797. The van der Waals surface area contributed by atoms with Crippen LogP contribution >= 0.6 is 23.2 Å². The number of sulfonamides is 1. The van der Waals surface area contributed by atoms with Gasteiger partial charge in [-0.05, 0) is 36.6 Å². The van der Waals surface area contributed by atoms with E-state index in [9.17, 15) is 18.0 Å². The van der Waals surface area contributed by atoms with Crippen molar-refractivity contribution in [2.24, 2.45) is 0 Å². The molecule has 2 aromatic rings. The van der Waals surface area contributed by atoms with E-state index in [-0.39, 0.29) is 33.2 Å². The topological polar surface area (TPSA) is 86.8 Å². The number of amides is 2. The zero-order valence-corrected chi connectivity index (χ0v) is 20.0. The Hall–Kier alpha value is -2.55. The van der Waals surface area contributed by atoms with E-state index in [0.29, 0.717) is 13.1 Å². The molecule has 0 saturated carbocycles. The summed E-state index contributed by atoms with van der Waals surface area (Å²) < 4.78 is 27.5. The maximum atomic E-state index is 13.3. The van der Waals surface area contributed by atoms with Crippen LogP contribution in [0.5, 0.6) is 0 Å². The summed E-state index contributed by atoms with van der Waals surface area (Å²) in [4.78, 5) is 27.4. The highest BCUT2D eigenvalue weighted by atomic mass is 35.5. The fourth-order valence-electron chi connectivity index (χ4n) is 4.19. The quantitative estimate of drug-likeness (QED) is 0.667. The molecule has 2 aromatic carbocycles. The van der Waals surface area contributed by atoms with Crippen molar-refractivity contribution in [1.82, 2.24) is 14.5 Å². The van der Waals surface area contributed by atoms with Crippen LogP contribution in [0.2, 0.25) is 10.0 Å². The molecule has 10 heteroatoms. The molecule has 7 nitrogen and oxygen atoms in total. The molecule has 2 aliphatic rings. The molecule has 2 atom stereocenters. The number of likely N-dealkylation sites (tertiary alicyclic amines) is 1. The number of carbonyl (C=O) groups is 2. The fourth-order valence-corrected chi connectivity index (χ4v) is 6.03. The molecule has 1 saturated heterocycles. The Balaban J connectivity index is 1.54. The van der Waals surface area contributed by atoms with Crippen molar-refractivity contribution in [3.63, 3.8) is 0 Å². The van der Waals surface area contributed by atoms with Crippen molar-refractivity contribution in [2.75, 3.05) is 13.1 Å². The third-order valence-corrected chi connectivity index (χ3v) is 8.46. The van der Waals surface area contributed by atoms with Crippen LogP contribution < -0.4 is 5.32 Å². The van der Waals surface area contributed by atoms with E-state index in [1.54, 1.807) is 4.90 Å². The molecule has 2 amide bonds. The third-order valence-electron chi connectivity index (χ3n) is 5.94. The highest BCUT2D eigenvalue weighted by Crippen LogP contribution is 2.30. The monoisotopic (exact) mass is 507 g/mol. The molecule has 0 spiro atoms. The summed E-state index contributed by atoms with van der Waals surface area (Å²) in [5, 5.41) is 2.80. The van der Waals surface area contributed by atoms with E-state index in [1.807, 2.05) is 30.3 Å². The van der Waals surface area contributed by atoms with E-state index in [1.165, 1.54) is 30.6 Å². The maximum absolute atomic E-state index is 13.3. The lowest BCUT2D eigenvalue weighted by molar-refractivity contribution is -0.136. The summed E-state index contributed by atoms with van der Waals surface area (Å²) in [6, 6.07) is 12.7. The number of benzene rings is 2. The van der Waals surface area contributed by atoms with E-state index in [4.69, 9.17) is 23.2 Å². The molecule has 174 valence electrons. The smallest absolute Gasteiger partial charge is 0.264 e. The summed E-state index contributed by atoms with van der Waals surface area (Å²) >= 11 is 11.9. The van der Waals surface area contributed by atoms with Gasteiger partial charge in [0.2, 0.25) is 11.8 Å². The molecule has 0 bridgehead atoms. The van der Waals surface area contributed by atoms with Crippen LogP contribution in [0.1, 0.15) is 30.7 Å².